The predicted octanol–water partition coefficient (Wildman–Crippen LogP) is 3.13. The lowest BCUT2D eigenvalue weighted by atomic mass is 9.99. The molecule has 0 saturated carbocycles. The molecule has 0 spiro atoms. The summed E-state index contributed by atoms with van der Waals surface area (Å²) in [5.41, 5.74) is 0.847. The van der Waals surface area contributed by atoms with Gasteiger partial charge in [0.15, 0.2) is 0 Å². The number of likely N-dealkylation sites (tertiary alicyclic amines) is 2. The van der Waals surface area contributed by atoms with Crippen molar-refractivity contribution in [3.05, 3.63) is 35.9 Å². The molecule has 2 aliphatic rings. The fourth-order valence-corrected chi connectivity index (χ4v) is 3.40. The normalized spacial score (nSPS) is 24.6. The van der Waals surface area contributed by atoms with Crippen molar-refractivity contribution in [3.63, 3.8) is 0 Å². The van der Waals surface area contributed by atoms with Gasteiger partial charge in [0, 0.05) is 6.54 Å². The first-order valence-corrected chi connectivity index (χ1v) is 8.14. The third kappa shape index (κ3) is 3.80. The van der Waals surface area contributed by atoms with E-state index in [1.54, 1.807) is 0 Å². The van der Waals surface area contributed by atoms with Crippen LogP contribution in [-0.4, -0.2) is 54.0 Å². The monoisotopic (exact) mass is 324 g/mol. The Labute approximate surface area is 135 Å². The van der Waals surface area contributed by atoms with Crippen LogP contribution in [0.2, 0.25) is 0 Å². The van der Waals surface area contributed by atoms with Crippen molar-refractivity contribution in [2.75, 3.05) is 26.2 Å². The molecule has 6 heteroatoms. The number of rotatable bonds is 3. The van der Waals surface area contributed by atoms with Crippen LogP contribution in [0.4, 0.5) is 13.6 Å². The highest BCUT2D eigenvalue weighted by Crippen LogP contribution is 2.33. The Morgan fingerprint density at radius 1 is 1.17 bits per heavy atom. The van der Waals surface area contributed by atoms with Crippen molar-refractivity contribution in [3.8, 4) is 0 Å². The van der Waals surface area contributed by atoms with Crippen LogP contribution in [0.5, 0.6) is 0 Å². The minimum atomic E-state index is -2.88. The molecule has 1 aromatic rings. The average Bonchev–Trinajstić information content (AvgIpc) is 3.06. The lowest BCUT2D eigenvalue weighted by Crippen LogP contribution is -2.58. The number of nitrogens with zero attached hydrogens (tertiary/aromatic N) is 2. The van der Waals surface area contributed by atoms with Crippen molar-refractivity contribution in [2.24, 2.45) is 0 Å². The summed E-state index contributed by atoms with van der Waals surface area (Å²) in [6.45, 7) is 1.35. The summed E-state index contributed by atoms with van der Waals surface area (Å²) in [4.78, 5) is 15.0. The van der Waals surface area contributed by atoms with Gasteiger partial charge in [-0.15, -0.1) is 0 Å². The molecule has 0 bridgehead atoms. The largest absolute Gasteiger partial charge is 0.445 e. The quantitative estimate of drug-likeness (QED) is 0.856. The van der Waals surface area contributed by atoms with Crippen LogP contribution in [-0.2, 0) is 11.3 Å². The van der Waals surface area contributed by atoms with Gasteiger partial charge in [-0.2, -0.15) is 0 Å². The summed E-state index contributed by atoms with van der Waals surface area (Å²) in [7, 11) is 0. The van der Waals surface area contributed by atoms with Gasteiger partial charge in [0.2, 0.25) is 0 Å². The van der Waals surface area contributed by atoms with E-state index in [9.17, 15) is 13.6 Å². The van der Waals surface area contributed by atoms with Gasteiger partial charge in [-0.1, -0.05) is 30.3 Å². The lowest BCUT2D eigenvalue weighted by molar-refractivity contribution is -0.118. The van der Waals surface area contributed by atoms with Gasteiger partial charge >= 0.3 is 6.09 Å². The zero-order valence-electron chi connectivity index (χ0n) is 13.1. The maximum atomic E-state index is 14.4. The number of carbonyl (C=O) groups excluding carboxylic acids is 1. The van der Waals surface area contributed by atoms with Crippen LogP contribution >= 0.6 is 0 Å². The zero-order chi connectivity index (χ0) is 16.3. The van der Waals surface area contributed by atoms with E-state index in [1.165, 1.54) is 0 Å². The number of hydrogen-bond donors (Lipinski definition) is 0. The summed E-state index contributed by atoms with van der Waals surface area (Å²) in [5, 5.41) is 0. The maximum absolute atomic E-state index is 14.4. The minimum absolute atomic E-state index is 0.108. The number of piperidine rings is 1. The molecule has 1 unspecified atom stereocenters. The number of benzene rings is 1. The van der Waals surface area contributed by atoms with E-state index < -0.39 is 24.6 Å². The molecule has 0 radical (unpaired) electrons. The van der Waals surface area contributed by atoms with Gasteiger partial charge in [0.25, 0.3) is 5.92 Å². The standard InChI is InChI=1S/C17H22F2N2O2/c18-17(19)13-21(11-8-15(17)20-9-4-5-10-20)16(22)23-12-14-6-2-1-3-7-14/h1-3,6-7,15H,4-5,8-13H2. The summed E-state index contributed by atoms with van der Waals surface area (Å²) >= 11 is 0. The Balaban J connectivity index is 1.54. The summed E-state index contributed by atoms with van der Waals surface area (Å²) in [6, 6.07) is 8.48. The molecule has 2 heterocycles. The molecule has 0 aliphatic carbocycles. The third-order valence-electron chi connectivity index (χ3n) is 4.61. The van der Waals surface area contributed by atoms with Crippen LogP contribution in [0.25, 0.3) is 0 Å². The Kier molecular flexibility index (Phi) is 4.80. The number of amides is 1. The number of ether oxygens (including phenoxy) is 1. The summed E-state index contributed by atoms with van der Waals surface area (Å²) in [5.74, 6) is -2.88. The second kappa shape index (κ2) is 6.83. The van der Waals surface area contributed by atoms with Crippen LogP contribution in [0.3, 0.4) is 0 Å². The second-order valence-electron chi connectivity index (χ2n) is 6.27. The van der Waals surface area contributed by atoms with Gasteiger partial charge in [-0.05, 0) is 37.9 Å². The Morgan fingerprint density at radius 2 is 1.87 bits per heavy atom. The summed E-state index contributed by atoms with van der Waals surface area (Å²) in [6.07, 6.45) is 1.60. The third-order valence-corrected chi connectivity index (χ3v) is 4.61. The van der Waals surface area contributed by atoms with Gasteiger partial charge in [0.05, 0.1) is 12.6 Å². The molecular weight excluding hydrogens is 302 g/mol. The molecule has 3 rings (SSSR count). The molecule has 126 valence electrons. The molecule has 2 aliphatic heterocycles. The maximum Gasteiger partial charge on any atom is 0.410 e. The van der Waals surface area contributed by atoms with Crippen molar-refractivity contribution >= 4 is 6.09 Å². The van der Waals surface area contributed by atoms with Crippen LogP contribution in [0.15, 0.2) is 30.3 Å². The van der Waals surface area contributed by atoms with Crippen molar-refractivity contribution in [2.45, 2.75) is 37.8 Å². The predicted molar refractivity (Wildman–Crippen MR) is 82.4 cm³/mol. The molecule has 4 nitrogen and oxygen atoms in total. The summed E-state index contributed by atoms with van der Waals surface area (Å²) < 4.78 is 34.0. The molecule has 23 heavy (non-hydrogen) atoms. The fraction of sp³-hybridized carbons (Fsp3) is 0.588. The first-order valence-electron chi connectivity index (χ1n) is 8.14. The SMILES string of the molecule is O=C(OCc1ccccc1)N1CCC(N2CCCC2)C(F)(F)C1. The molecule has 0 N–H and O–H groups in total. The number of carbonyl (C=O) groups is 1. The fourth-order valence-electron chi connectivity index (χ4n) is 3.40. The average molecular weight is 324 g/mol. The second-order valence-corrected chi connectivity index (χ2v) is 6.27. The number of hydrogen-bond acceptors (Lipinski definition) is 3. The number of alkyl halides is 2. The highest BCUT2D eigenvalue weighted by Gasteiger charge is 2.49. The van der Waals surface area contributed by atoms with Crippen LogP contribution in [0, 0.1) is 0 Å². The Morgan fingerprint density at radius 3 is 2.52 bits per heavy atom. The molecule has 2 saturated heterocycles. The van der Waals surface area contributed by atoms with E-state index >= 15 is 0 Å². The Bertz CT molecular complexity index is 533. The minimum Gasteiger partial charge on any atom is -0.445 e. The van der Waals surface area contributed by atoms with Gasteiger partial charge in [-0.25, -0.2) is 13.6 Å². The van der Waals surface area contributed by atoms with E-state index in [1.807, 2.05) is 35.2 Å². The molecular formula is C17H22F2N2O2. The Hall–Kier alpha value is -1.69. The molecule has 0 aromatic heterocycles. The van der Waals surface area contributed by atoms with Gasteiger partial charge in [0.1, 0.15) is 6.61 Å². The van der Waals surface area contributed by atoms with E-state index in [4.69, 9.17) is 4.74 Å². The first kappa shape index (κ1) is 16.2. The zero-order valence-corrected chi connectivity index (χ0v) is 13.1. The molecule has 1 atom stereocenters. The number of halogens is 2. The van der Waals surface area contributed by atoms with Gasteiger partial charge in [-0.3, -0.25) is 4.90 Å². The molecule has 1 amide bonds. The smallest absolute Gasteiger partial charge is 0.410 e. The lowest BCUT2D eigenvalue weighted by Gasteiger charge is -2.41. The van der Waals surface area contributed by atoms with Crippen molar-refractivity contribution in [1.29, 1.82) is 0 Å². The highest BCUT2D eigenvalue weighted by molar-refractivity contribution is 5.68. The van der Waals surface area contributed by atoms with E-state index in [0.717, 1.165) is 36.4 Å². The van der Waals surface area contributed by atoms with Crippen LogP contribution < -0.4 is 0 Å². The van der Waals surface area contributed by atoms with E-state index in [-0.39, 0.29) is 6.61 Å². The highest BCUT2D eigenvalue weighted by atomic mass is 19.3. The van der Waals surface area contributed by atoms with Gasteiger partial charge < -0.3 is 9.64 Å². The van der Waals surface area contributed by atoms with E-state index in [2.05, 4.69) is 0 Å². The van der Waals surface area contributed by atoms with Crippen molar-refractivity contribution < 1.29 is 18.3 Å². The van der Waals surface area contributed by atoms with E-state index in [0.29, 0.717) is 13.0 Å². The van der Waals surface area contributed by atoms with Crippen molar-refractivity contribution in [1.82, 2.24) is 9.80 Å². The molecule has 1 aromatic carbocycles. The molecule has 2 fully saturated rings. The van der Waals surface area contributed by atoms with Crippen LogP contribution in [0.1, 0.15) is 24.8 Å². The first-order chi connectivity index (χ1) is 11.1. The topological polar surface area (TPSA) is 32.8 Å².